The van der Waals surface area contributed by atoms with Crippen LogP contribution in [0.15, 0.2) is 431 Å². The van der Waals surface area contributed by atoms with Gasteiger partial charge < -0.3 is 13.7 Å². The van der Waals surface area contributed by atoms with Gasteiger partial charge in [0.25, 0.3) is 0 Å². The van der Waals surface area contributed by atoms with Gasteiger partial charge in [0.15, 0.2) is 46.6 Å². The van der Waals surface area contributed by atoms with Crippen molar-refractivity contribution in [2.45, 2.75) is 19.3 Å². The van der Waals surface area contributed by atoms with Gasteiger partial charge in [-0.25, -0.2) is 34.9 Å². The number of hydrogen-bond donors (Lipinski definition) is 0. The van der Waals surface area contributed by atoms with E-state index < -0.39 is 0 Å². The molecule has 0 bridgehead atoms. The minimum Gasteiger partial charge on any atom is -0.309 e. The Balaban J connectivity index is 0.000000110. The SMILES string of the molecule is CC1(C)c2ccccc2-c2cc3c4ccccc4n(-c4cccc(-c5nc(-c6ccccc6)nc(-c6ccccc6)n5)c4)c3cc21.c1ccc(-c2nc(-c3ccccc3)nc(-c3ccc(-n4c5ccccc5c5ccccc54)cc3)n2)cc1.c1ccc(-c2nc(-c3ccccc3)nc(-n3c4ccccc4c4ccc5c6ccccc6n(-c6ccccc6)c5c43)n2)cc1. The molecular weight excluding hydrogens is 1550 g/mol. The highest BCUT2D eigenvalue weighted by Crippen LogP contribution is 2.52. The van der Waals surface area contributed by atoms with E-state index in [1.54, 1.807) is 0 Å². The van der Waals surface area contributed by atoms with E-state index in [0.29, 0.717) is 52.5 Å². The number of aromatic nitrogens is 13. The number of rotatable bonds is 12. The molecular formula is C114H77N13. The lowest BCUT2D eigenvalue weighted by atomic mass is 9.82. The Morgan fingerprint density at radius 1 is 0.173 bits per heavy atom. The van der Waals surface area contributed by atoms with Crippen molar-refractivity contribution in [2.75, 3.05) is 0 Å². The third-order valence-electron chi connectivity index (χ3n) is 24.5. The second-order valence-electron chi connectivity index (χ2n) is 32.4. The Kier molecular flexibility index (Phi) is 18.6. The maximum atomic E-state index is 5.17. The van der Waals surface area contributed by atoms with E-state index >= 15 is 0 Å². The van der Waals surface area contributed by atoms with Crippen molar-refractivity contribution < 1.29 is 0 Å². The van der Waals surface area contributed by atoms with Gasteiger partial charge in [-0.3, -0.25) is 4.57 Å². The molecule has 13 heteroatoms. The summed E-state index contributed by atoms with van der Waals surface area (Å²) < 4.78 is 9.31. The van der Waals surface area contributed by atoms with Gasteiger partial charge in [-0.15, -0.1) is 0 Å². The lowest BCUT2D eigenvalue weighted by molar-refractivity contribution is 0.661. The van der Waals surface area contributed by atoms with E-state index in [2.05, 4.69) is 281 Å². The molecule has 25 rings (SSSR count). The van der Waals surface area contributed by atoms with Gasteiger partial charge >= 0.3 is 0 Å². The molecule has 7 heterocycles. The number of benzene rings is 17. The predicted octanol–water partition coefficient (Wildman–Crippen LogP) is 27.6. The van der Waals surface area contributed by atoms with E-state index in [1.807, 2.05) is 182 Å². The summed E-state index contributed by atoms with van der Waals surface area (Å²) in [6.07, 6.45) is 0. The minimum atomic E-state index is -0.0875. The summed E-state index contributed by atoms with van der Waals surface area (Å²) in [6.45, 7) is 4.68. The smallest absolute Gasteiger partial charge is 0.238 e. The van der Waals surface area contributed by atoms with E-state index in [1.165, 1.54) is 76.6 Å². The van der Waals surface area contributed by atoms with Gasteiger partial charge in [0.05, 0.1) is 44.1 Å². The molecule has 0 saturated carbocycles. The summed E-state index contributed by atoms with van der Waals surface area (Å²) in [5.41, 5.74) is 25.3. The van der Waals surface area contributed by atoms with Crippen LogP contribution in [0, 0.1) is 0 Å². The van der Waals surface area contributed by atoms with Crippen molar-refractivity contribution in [1.82, 2.24) is 63.1 Å². The Morgan fingerprint density at radius 2 is 0.465 bits per heavy atom. The van der Waals surface area contributed by atoms with Crippen LogP contribution in [-0.2, 0) is 5.41 Å². The molecule has 0 saturated heterocycles. The van der Waals surface area contributed by atoms with Crippen LogP contribution in [0.5, 0.6) is 0 Å². The average molecular weight is 1630 g/mol. The van der Waals surface area contributed by atoms with Crippen molar-refractivity contribution in [2.24, 2.45) is 0 Å². The van der Waals surface area contributed by atoms with Crippen LogP contribution in [0.1, 0.15) is 25.0 Å². The summed E-state index contributed by atoms with van der Waals surface area (Å²) in [5.74, 6) is 5.79. The Hall–Kier alpha value is -17.0. The van der Waals surface area contributed by atoms with Crippen molar-refractivity contribution in [3.8, 4) is 125 Å². The second kappa shape index (κ2) is 31.5. The van der Waals surface area contributed by atoms with Crippen molar-refractivity contribution in [3.05, 3.63) is 442 Å². The molecule has 13 nitrogen and oxygen atoms in total. The second-order valence-corrected chi connectivity index (χ2v) is 32.4. The average Bonchev–Trinajstić information content (AvgIpc) is 1.55. The van der Waals surface area contributed by atoms with Gasteiger partial charge in [0.2, 0.25) is 5.95 Å². The van der Waals surface area contributed by atoms with E-state index in [-0.39, 0.29) is 5.41 Å². The third-order valence-corrected chi connectivity index (χ3v) is 24.5. The molecule has 0 radical (unpaired) electrons. The van der Waals surface area contributed by atoms with Gasteiger partial charge in [-0.05, 0) is 113 Å². The molecule has 1 aliphatic carbocycles. The summed E-state index contributed by atoms with van der Waals surface area (Å²) in [6, 6.07) is 149. The highest BCUT2D eigenvalue weighted by atomic mass is 15.2. The molecule has 0 fully saturated rings. The molecule has 17 aromatic carbocycles. The quantitative estimate of drug-likeness (QED) is 0.117. The number of fused-ring (bicyclic) bond motifs is 16. The Bertz CT molecular complexity index is 8090. The van der Waals surface area contributed by atoms with E-state index in [9.17, 15) is 0 Å². The molecule has 0 amide bonds. The zero-order valence-corrected chi connectivity index (χ0v) is 69.3. The molecule has 127 heavy (non-hydrogen) atoms. The van der Waals surface area contributed by atoms with E-state index in [0.717, 1.165) is 94.4 Å². The predicted molar refractivity (Wildman–Crippen MR) is 518 cm³/mol. The first-order chi connectivity index (χ1) is 62.8. The summed E-state index contributed by atoms with van der Waals surface area (Å²) in [5, 5.41) is 9.68. The lowest BCUT2D eigenvalue weighted by Gasteiger charge is -2.21. The third kappa shape index (κ3) is 13.3. The van der Waals surface area contributed by atoms with Gasteiger partial charge in [0, 0.05) is 110 Å². The van der Waals surface area contributed by atoms with Crippen LogP contribution < -0.4 is 0 Å². The zero-order valence-electron chi connectivity index (χ0n) is 69.3. The molecule has 7 aromatic heterocycles. The maximum Gasteiger partial charge on any atom is 0.238 e. The van der Waals surface area contributed by atoms with E-state index in [4.69, 9.17) is 44.9 Å². The van der Waals surface area contributed by atoms with Crippen LogP contribution in [0.4, 0.5) is 0 Å². The molecule has 0 atom stereocenters. The van der Waals surface area contributed by atoms with Gasteiger partial charge in [-0.1, -0.05) is 354 Å². The lowest BCUT2D eigenvalue weighted by Crippen LogP contribution is -2.14. The van der Waals surface area contributed by atoms with Crippen LogP contribution in [-0.4, -0.2) is 63.1 Å². The first-order valence-electron chi connectivity index (χ1n) is 42.8. The fourth-order valence-corrected chi connectivity index (χ4v) is 18.5. The standard InChI is InChI=1S/C42H30N4.C39H25N5.C33H22N4/c1-42(2)35-22-11-9-20-31(35)33-25-34-32-21-10-12-23-37(32)46(38(34)26-36(33)42)30-19-13-18-29(24-30)41-44-39(27-14-5-3-6-15-27)43-40(45-41)28-16-7-4-8-17-28;1-4-14-26(15-5-1)37-40-38(27-16-6-2-7-17-27)42-39(41-37)44-34-23-13-11-21-30(34)32-25-24-31-29-20-10-12-22-33(29)43(35(31)36(32)44)28-18-8-3-9-19-28;1-3-11-23(12-4-1)31-34-32(24-13-5-2-6-14-24)36-33(35-31)25-19-21-26(22-20-25)37-29-17-9-7-15-27(29)28-16-8-10-18-30(28)37/h3-26H,1-2H3;1-25H;1-22H. The molecule has 598 valence electrons. The largest absolute Gasteiger partial charge is 0.309 e. The molecule has 0 N–H and O–H groups in total. The normalized spacial score (nSPS) is 12.1. The van der Waals surface area contributed by atoms with Crippen molar-refractivity contribution in [1.29, 1.82) is 0 Å². The van der Waals surface area contributed by atoms with Gasteiger partial charge in [-0.2, -0.15) is 9.97 Å². The first-order valence-corrected chi connectivity index (χ1v) is 42.8. The van der Waals surface area contributed by atoms with Crippen molar-refractivity contribution in [3.63, 3.8) is 0 Å². The summed E-state index contributed by atoms with van der Waals surface area (Å²) in [7, 11) is 0. The van der Waals surface area contributed by atoms with Crippen LogP contribution in [0.3, 0.4) is 0 Å². The summed E-state index contributed by atoms with van der Waals surface area (Å²) in [4.78, 5) is 44.7. The molecule has 0 spiro atoms. The highest BCUT2D eigenvalue weighted by Gasteiger charge is 2.37. The topological polar surface area (TPSA) is 136 Å². The van der Waals surface area contributed by atoms with Crippen molar-refractivity contribution >= 4 is 87.2 Å². The molecule has 24 aromatic rings. The fourth-order valence-electron chi connectivity index (χ4n) is 18.5. The number of hydrogen-bond acceptors (Lipinski definition) is 9. The molecule has 0 unspecified atom stereocenters. The highest BCUT2D eigenvalue weighted by molar-refractivity contribution is 6.24. The number of nitrogens with zero attached hydrogens (tertiary/aromatic N) is 13. The molecule has 0 aliphatic heterocycles. The maximum absolute atomic E-state index is 5.17. The van der Waals surface area contributed by atoms with Crippen LogP contribution in [0.25, 0.3) is 212 Å². The summed E-state index contributed by atoms with van der Waals surface area (Å²) >= 11 is 0. The zero-order chi connectivity index (χ0) is 84.5. The van der Waals surface area contributed by atoms with Crippen LogP contribution in [0.2, 0.25) is 0 Å². The minimum absolute atomic E-state index is 0.0875. The van der Waals surface area contributed by atoms with Crippen LogP contribution >= 0.6 is 0 Å². The Morgan fingerprint density at radius 3 is 0.890 bits per heavy atom. The monoisotopic (exact) mass is 1630 g/mol. The number of para-hydroxylation sites is 6. The Labute approximate surface area is 731 Å². The first kappa shape index (κ1) is 75.0. The molecule has 1 aliphatic rings. The fraction of sp³-hybridized carbons (Fsp3) is 0.0263. The van der Waals surface area contributed by atoms with Gasteiger partial charge in [0.1, 0.15) is 0 Å².